The number of carbonyl (C=O) groups is 1. The Labute approximate surface area is 117 Å². The maximum Gasteiger partial charge on any atom is 0.227 e. The van der Waals surface area contributed by atoms with Gasteiger partial charge < -0.3 is 4.90 Å². The van der Waals surface area contributed by atoms with Crippen LogP contribution in [0.1, 0.15) is 25.8 Å². The second-order valence-corrected chi connectivity index (χ2v) is 5.02. The van der Waals surface area contributed by atoms with Crippen LogP contribution in [0.15, 0.2) is 18.2 Å². The molecule has 0 aliphatic heterocycles. The Balaban J connectivity index is 2.82. The number of benzene rings is 1. The van der Waals surface area contributed by atoms with E-state index >= 15 is 0 Å². The van der Waals surface area contributed by atoms with Crippen molar-refractivity contribution in [1.29, 1.82) is 5.26 Å². The first-order valence-electron chi connectivity index (χ1n) is 6.53. The lowest BCUT2D eigenvalue weighted by molar-refractivity contribution is -0.131. The van der Waals surface area contributed by atoms with Crippen molar-refractivity contribution in [3.8, 4) is 6.07 Å². The van der Waals surface area contributed by atoms with Gasteiger partial charge in [0, 0.05) is 18.7 Å². The van der Waals surface area contributed by atoms with E-state index in [4.69, 9.17) is 5.26 Å². The highest BCUT2D eigenvalue weighted by Crippen LogP contribution is 2.14. The molecule has 0 aromatic heterocycles. The van der Waals surface area contributed by atoms with Crippen LogP contribution >= 0.6 is 0 Å². The summed E-state index contributed by atoms with van der Waals surface area (Å²) in [6.45, 7) is 4.63. The molecular formula is C15H18F2N2O. The quantitative estimate of drug-likeness (QED) is 0.804. The summed E-state index contributed by atoms with van der Waals surface area (Å²) in [7, 11) is 0. The summed E-state index contributed by atoms with van der Waals surface area (Å²) in [5.41, 5.74) is -0.219. The Kier molecular flexibility index (Phi) is 6.10. The Hall–Kier alpha value is -1.96. The number of nitriles is 1. The molecule has 0 aliphatic rings. The van der Waals surface area contributed by atoms with Crippen molar-refractivity contribution in [2.45, 2.75) is 26.7 Å². The van der Waals surface area contributed by atoms with Crippen LogP contribution in [-0.4, -0.2) is 23.9 Å². The number of hydrogen-bond acceptors (Lipinski definition) is 2. The standard InChI is InChI=1S/C15H18F2N2O/c1-11(2)10-19(8-4-7-18)15(20)9-12-13(16)5-3-6-14(12)17/h3,5-6,11H,4,8-10H2,1-2H3. The van der Waals surface area contributed by atoms with Crippen molar-refractivity contribution < 1.29 is 13.6 Å². The predicted molar refractivity (Wildman–Crippen MR) is 71.7 cm³/mol. The Bertz CT molecular complexity index is 489. The third-order valence-electron chi connectivity index (χ3n) is 2.82. The number of halogens is 2. The zero-order chi connectivity index (χ0) is 15.1. The highest BCUT2D eigenvalue weighted by atomic mass is 19.1. The van der Waals surface area contributed by atoms with Crippen LogP contribution in [0.3, 0.4) is 0 Å². The fraction of sp³-hybridized carbons (Fsp3) is 0.467. The third-order valence-corrected chi connectivity index (χ3v) is 2.82. The molecule has 20 heavy (non-hydrogen) atoms. The zero-order valence-electron chi connectivity index (χ0n) is 11.7. The Morgan fingerprint density at radius 2 is 1.95 bits per heavy atom. The molecule has 0 bridgehead atoms. The van der Waals surface area contributed by atoms with E-state index in [9.17, 15) is 13.6 Å². The number of carbonyl (C=O) groups excluding carboxylic acids is 1. The van der Waals surface area contributed by atoms with Crippen molar-refractivity contribution in [3.05, 3.63) is 35.4 Å². The molecule has 0 N–H and O–H groups in total. The second kappa shape index (κ2) is 7.59. The van der Waals surface area contributed by atoms with Crippen molar-refractivity contribution >= 4 is 5.91 Å². The van der Waals surface area contributed by atoms with E-state index in [1.54, 1.807) is 0 Å². The molecule has 1 aromatic rings. The van der Waals surface area contributed by atoms with Crippen LogP contribution in [0, 0.1) is 28.9 Å². The van der Waals surface area contributed by atoms with Gasteiger partial charge in [-0.2, -0.15) is 5.26 Å². The van der Waals surface area contributed by atoms with E-state index < -0.39 is 11.6 Å². The number of hydrogen-bond donors (Lipinski definition) is 0. The summed E-state index contributed by atoms with van der Waals surface area (Å²) < 4.78 is 27.1. The van der Waals surface area contributed by atoms with E-state index in [2.05, 4.69) is 0 Å². The lowest BCUT2D eigenvalue weighted by atomic mass is 10.1. The third kappa shape index (κ3) is 4.61. The fourth-order valence-electron chi connectivity index (χ4n) is 1.91. The van der Waals surface area contributed by atoms with Crippen LogP contribution in [0.5, 0.6) is 0 Å². The van der Waals surface area contributed by atoms with Gasteiger partial charge in [0.05, 0.1) is 18.9 Å². The van der Waals surface area contributed by atoms with E-state index in [0.717, 1.165) is 12.1 Å². The van der Waals surface area contributed by atoms with Gasteiger partial charge in [-0.05, 0) is 18.1 Å². The molecule has 0 saturated heterocycles. The van der Waals surface area contributed by atoms with Crippen molar-refractivity contribution in [2.24, 2.45) is 5.92 Å². The lowest BCUT2D eigenvalue weighted by Crippen LogP contribution is -2.36. The van der Waals surface area contributed by atoms with Gasteiger partial charge in [-0.25, -0.2) is 8.78 Å². The molecular weight excluding hydrogens is 262 g/mol. The summed E-state index contributed by atoms with van der Waals surface area (Å²) in [5, 5.41) is 8.60. The molecule has 0 unspecified atom stereocenters. The van der Waals surface area contributed by atoms with E-state index in [1.807, 2.05) is 19.9 Å². The van der Waals surface area contributed by atoms with Gasteiger partial charge >= 0.3 is 0 Å². The monoisotopic (exact) mass is 280 g/mol. The summed E-state index contributed by atoms with van der Waals surface area (Å²) in [6, 6.07) is 5.50. The van der Waals surface area contributed by atoms with Gasteiger partial charge in [-0.1, -0.05) is 19.9 Å². The van der Waals surface area contributed by atoms with Crippen LogP contribution < -0.4 is 0 Å². The summed E-state index contributed by atoms with van der Waals surface area (Å²) in [6.07, 6.45) is -0.116. The van der Waals surface area contributed by atoms with Crippen molar-refractivity contribution in [2.75, 3.05) is 13.1 Å². The predicted octanol–water partition coefficient (Wildman–Crippen LogP) is 2.91. The van der Waals surface area contributed by atoms with Crippen LogP contribution in [0.2, 0.25) is 0 Å². The first kappa shape index (κ1) is 16.1. The molecule has 0 spiro atoms. The fourth-order valence-corrected chi connectivity index (χ4v) is 1.91. The van der Waals surface area contributed by atoms with Crippen molar-refractivity contribution in [3.63, 3.8) is 0 Å². The molecule has 5 heteroatoms. The largest absolute Gasteiger partial charge is 0.341 e. The first-order chi connectivity index (χ1) is 9.45. The highest BCUT2D eigenvalue weighted by Gasteiger charge is 2.19. The second-order valence-electron chi connectivity index (χ2n) is 5.02. The van der Waals surface area contributed by atoms with Gasteiger partial charge in [0.2, 0.25) is 5.91 Å². The molecule has 0 fully saturated rings. The molecule has 0 radical (unpaired) electrons. The SMILES string of the molecule is CC(C)CN(CCC#N)C(=O)Cc1c(F)cccc1F. The number of amides is 1. The summed E-state index contributed by atoms with van der Waals surface area (Å²) in [5.74, 6) is -1.58. The van der Waals surface area contributed by atoms with Gasteiger partial charge in [0.25, 0.3) is 0 Å². The average molecular weight is 280 g/mol. The maximum absolute atomic E-state index is 13.5. The zero-order valence-corrected chi connectivity index (χ0v) is 11.7. The summed E-state index contributed by atoms with van der Waals surface area (Å²) >= 11 is 0. The molecule has 1 amide bonds. The first-order valence-corrected chi connectivity index (χ1v) is 6.53. The molecule has 3 nitrogen and oxygen atoms in total. The van der Waals surface area contributed by atoms with Gasteiger partial charge in [0.15, 0.2) is 0 Å². The molecule has 0 saturated carbocycles. The van der Waals surface area contributed by atoms with Gasteiger partial charge in [-0.15, -0.1) is 0 Å². The van der Waals surface area contributed by atoms with E-state index in [-0.39, 0.29) is 36.8 Å². The van der Waals surface area contributed by atoms with Crippen molar-refractivity contribution in [1.82, 2.24) is 4.90 Å². The normalized spacial score (nSPS) is 10.4. The van der Waals surface area contributed by atoms with Crippen LogP contribution in [-0.2, 0) is 11.2 Å². The van der Waals surface area contributed by atoms with E-state index in [0.29, 0.717) is 6.54 Å². The Morgan fingerprint density at radius 3 is 2.45 bits per heavy atom. The molecule has 108 valence electrons. The van der Waals surface area contributed by atoms with Gasteiger partial charge in [-0.3, -0.25) is 4.79 Å². The molecule has 1 rings (SSSR count). The molecule has 0 atom stereocenters. The topological polar surface area (TPSA) is 44.1 Å². The maximum atomic E-state index is 13.5. The van der Waals surface area contributed by atoms with E-state index in [1.165, 1.54) is 11.0 Å². The minimum Gasteiger partial charge on any atom is -0.341 e. The lowest BCUT2D eigenvalue weighted by Gasteiger charge is -2.23. The molecule has 1 aromatic carbocycles. The minimum atomic E-state index is -0.719. The molecule has 0 heterocycles. The summed E-state index contributed by atoms with van der Waals surface area (Å²) in [4.78, 5) is 13.6. The number of rotatable bonds is 6. The number of nitrogens with zero attached hydrogens (tertiary/aromatic N) is 2. The van der Waals surface area contributed by atoms with Crippen LogP contribution in [0.4, 0.5) is 8.78 Å². The highest BCUT2D eigenvalue weighted by molar-refractivity contribution is 5.79. The smallest absolute Gasteiger partial charge is 0.227 e. The Morgan fingerprint density at radius 1 is 1.35 bits per heavy atom. The average Bonchev–Trinajstić information content (AvgIpc) is 2.38. The molecule has 0 aliphatic carbocycles. The van der Waals surface area contributed by atoms with Gasteiger partial charge in [0.1, 0.15) is 11.6 Å². The minimum absolute atomic E-state index is 0.207. The van der Waals surface area contributed by atoms with Crippen LogP contribution in [0.25, 0.3) is 0 Å².